The maximum Gasteiger partial charge on any atom is 0.223 e. The van der Waals surface area contributed by atoms with Crippen LogP contribution in [0.15, 0.2) is 35.3 Å². The lowest BCUT2D eigenvalue weighted by Crippen LogP contribution is -2.34. The van der Waals surface area contributed by atoms with Gasteiger partial charge in [-0.05, 0) is 25.0 Å². The Labute approximate surface area is 126 Å². The molecule has 0 aliphatic heterocycles. The van der Waals surface area contributed by atoms with Gasteiger partial charge in [0.05, 0.1) is 6.54 Å². The number of hydrogen-bond donors (Lipinski definition) is 3. The van der Waals surface area contributed by atoms with E-state index in [1.165, 1.54) is 19.3 Å². The Morgan fingerprint density at radius 1 is 1.19 bits per heavy atom. The highest BCUT2D eigenvalue weighted by atomic mass is 16.1. The van der Waals surface area contributed by atoms with Crippen LogP contribution in [0.25, 0.3) is 0 Å². The summed E-state index contributed by atoms with van der Waals surface area (Å²) in [6.07, 6.45) is 5.64. The Morgan fingerprint density at radius 2 is 1.90 bits per heavy atom. The zero-order chi connectivity index (χ0) is 14.9. The molecule has 1 aromatic rings. The molecule has 1 aromatic carbocycles. The van der Waals surface area contributed by atoms with Crippen molar-refractivity contribution in [2.75, 3.05) is 18.4 Å². The van der Waals surface area contributed by atoms with Crippen molar-refractivity contribution in [1.82, 2.24) is 5.32 Å². The molecular formula is C16H24N4O. The average Bonchev–Trinajstić information content (AvgIpc) is 2.53. The molecule has 1 fully saturated rings. The molecule has 1 amide bonds. The largest absolute Gasteiger partial charge is 0.370 e. The van der Waals surface area contributed by atoms with Gasteiger partial charge in [-0.2, -0.15) is 0 Å². The molecule has 0 saturated heterocycles. The Balaban J connectivity index is 1.66. The highest BCUT2D eigenvalue weighted by Crippen LogP contribution is 2.23. The summed E-state index contributed by atoms with van der Waals surface area (Å²) in [4.78, 5) is 16.1. The molecule has 2 rings (SSSR count). The number of nitrogens with two attached hydrogens (primary N) is 1. The number of carbonyl (C=O) groups is 1. The summed E-state index contributed by atoms with van der Waals surface area (Å²) in [6, 6.07) is 9.65. The molecule has 0 atom stereocenters. The topological polar surface area (TPSA) is 79.5 Å². The molecule has 0 heterocycles. The maximum absolute atomic E-state index is 11.9. The van der Waals surface area contributed by atoms with Crippen molar-refractivity contribution in [3.05, 3.63) is 30.3 Å². The number of aliphatic imine (C=N–C) groups is 1. The molecule has 0 radical (unpaired) electrons. The number of amides is 1. The minimum absolute atomic E-state index is 0.166. The van der Waals surface area contributed by atoms with Crippen LogP contribution in [-0.2, 0) is 4.79 Å². The standard InChI is InChI=1S/C16H24N4O/c17-16(20-14-9-5-2-6-10-14)19-12-11-18-15(21)13-7-3-1-4-8-13/h2,5-6,9-10,13H,1,3-4,7-8,11-12H2,(H,18,21)(H3,17,19,20). The number of rotatable bonds is 5. The molecule has 0 spiro atoms. The molecule has 0 unspecified atom stereocenters. The fraction of sp³-hybridized carbons (Fsp3) is 0.500. The number of para-hydroxylation sites is 1. The second-order valence-corrected chi connectivity index (χ2v) is 5.38. The van der Waals surface area contributed by atoms with E-state index >= 15 is 0 Å². The summed E-state index contributed by atoms with van der Waals surface area (Å²) in [6.45, 7) is 1.02. The lowest BCUT2D eigenvalue weighted by Gasteiger charge is -2.20. The van der Waals surface area contributed by atoms with E-state index < -0.39 is 0 Å². The molecule has 0 aromatic heterocycles. The predicted molar refractivity (Wildman–Crippen MR) is 86.1 cm³/mol. The van der Waals surface area contributed by atoms with Crippen LogP contribution in [0, 0.1) is 5.92 Å². The molecule has 5 heteroatoms. The van der Waals surface area contributed by atoms with E-state index in [0.717, 1.165) is 18.5 Å². The van der Waals surface area contributed by atoms with Crippen molar-refractivity contribution in [2.24, 2.45) is 16.6 Å². The predicted octanol–water partition coefficient (Wildman–Crippen LogP) is 2.11. The first-order valence-corrected chi connectivity index (χ1v) is 7.65. The quantitative estimate of drug-likeness (QED) is 0.441. The van der Waals surface area contributed by atoms with Gasteiger partial charge < -0.3 is 16.4 Å². The molecule has 1 aliphatic rings. The van der Waals surface area contributed by atoms with Gasteiger partial charge in [0.25, 0.3) is 0 Å². The Bertz CT molecular complexity index is 466. The third kappa shape index (κ3) is 5.45. The third-order valence-electron chi connectivity index (χ3n) is 3.72. The normalized spacial score (nSPS) is 16.5. The van der Waals surface area contributed by atoms with Crippen LogP contribution >= 0.6 is 0 Å². The maximum atomic E-state index is 11.9. The highest BCUT2D eigenvalue weighted by Gasteiger charge is 2.20. The first-order valence-electron chi connectivity index (χ1n) is 7.65. The van der Waals surface area contributed by atoms with Crippen LogP contribution in [0.5, 0.6) is 0 Å². The van der Waals surface area contributed by atoms with Gasteiger partial charge in [0.2, 0.25) is 5.91 Å². The zero-order valence-electron chi connectivity index (χ0n) is 12.3. The molecule has 0 bridgehead atoms. The van der Waals surface area contributed by atoms with Crippen molar-refractivity contribution in [3.8, 4) is 0 Å². The van der Waals surface area contributed by atoms with Gasteiger partial charge in [-0.15, -0.1) is 0 Å². The molecule has 21 heavy (non-hydrogen) atoms. The Hall–Kier alpha value is -2.04. The summed E-state index contributed by atoms with van der Waals surface area (Å²) in [7, 11) is 0. The van der Waals surface area contributed by atoms with Gasteiger partial charge >= 0.3 is 0 Å². The van der Waals surface area contributed by atoms with Crippen molar-refractivity contribution in [2.45, 2.75) is 32.1 Å². The molecule has 4 N–H and O–H groups in total. The van der Waals surface area contributed by atoms with Gasteiger partial charge in [0.1, 0.15) is 0 Å². The molecule has 114 valence electrons. The van der Waals surface area contributed by atoms with E-state index in [9.17, 15) is 4.79 Å². The molecular weight excluding hydrogens is 264 g/mol. The number of guanidine groups is 1. The van der Waals surface area contributed by atoms with Crippen LogP contribution in [0.4, 0.5) is 5.69 Å². The SMILES string of the molecule is NC(=NCCNC(=O)C1CCCCC1)Nc1ccccc1. The van der Waals surface area contributed by atoms with Crippen LogP contribution in [0.3, 0.4) is 0 Å². The van der Waals surface area contributed by atoms with E-state index in [2.05, 4.69) is 15.6 Å². The lowest BCUT2D eigenvalue weighted by molar-refractivity contribution is -0.125. The average molecular weight is 288 g/mol. The summed E-state index contributed by atoms with van der Waals surface area (Å²) in [5.74, 6) is 0.732. The van der Waals surface area contributed by atoms with Crippen molar-refractivity contribution in [3.63, 3.8) is 0 Å². The number of anilines is 1. The second-order valence-electron chi connectivity index (χ2n) is 5.38. The van der Waals surface area contributed by atoms with Gasteiger partial charge in [-0.3, -0.25) is 9.79 Å². The first kappa shape index (κ1) is 15.4. The van der Waals surface area contributed by atoms with Crippen LogP contribution < -0.4 is 16.4 Å². The van der Waals surface area contributed by atoms with E-state index in [0.29, 0.717) is 19.0 Å². The van der Waals surface area contributed by atoms with E-state index in [4.69, 9.17) is 5.73 Å². The van der Waals surface area contributed by atoms with Gasteiger partial charge in [-0.1, -0.05) is 37.5 Å². The van der Waals surface area contributed by atoms with Gasteiger partial charge in [0, 0.05) is 18.2 Å². The van der Waals surface area contributed by atoms with Crippen LogP contribution in [-0.4, -0.2) is 25.0 Å². The minimum Gasteiger partial charge on any atom is -0.370 e. The highest BCUT2D eigenvalue weighted by molar-refractivity contribution is 5.92. The van der Waals surface area contributed by atoms with Crippen molar-refractivity contribution >= 4 is 17.6 Å². The summed E-state index contributed by atoms with van der Waals surface area (Å²) in [5, 5.41) is 5.95. The monoisotopic (exact) mass is 288 g/mol. The van der Waals surface area contributed by atoms with Crippen molar-refractivity contribution in [1.29, 1.82) is 0 Å². The molecule has 1 aliphatic carbocycles. The summed E-state index contributed by atoms with van der Waals surface area (Å²) >= 11 is 0. The zero-order valence-corrected chi connectivity index (χ0v) is 12.3. The fourth-order valence-electron chi connectivity index (χ4n) is 2.57. The smallest absolute Gasteiger partial charge is 0.223 e. The van der Waals surface area contributed by atoms with Gasteiger partial charge in [-0.25, -0.2) is 0 Å². The molecule has 1 saturated carbocycles. The Morgan fingerprint density at radius 3 is 2.62 bits per heavy atom. The van der Waals surface area contributed by atoms with Crippen LogP contribution in [0.1, 0.15) is 32.1 Å². The number of nitrogens with one attached hydrogen (secondary N) is 2. The Kier molecular flexibility index (Phi) is 6.06. The van der Waals surface area contributed by atoms with E-state index in [1.54, 1.807) is 0 Å². The fourth-order valence-corrected chi connectivity index (χ4v) is 2.57. The summed E-state index contributed by atoms with van der Waals surface area (Å²) in [5.41, 5.74) is 6.70. The van der Waals surface area contributed by atoms with E-state index in [-0.39, 0.29) is 11.8 Å². The number of nitrogens with zero attached hydrogens (tertiary/aromatic N) is 1. The number of hydrogen-bond acceptors (Lipinski definition) is 2. The van der Waals surface area contributed by atoms with Crippen molar-refractivity contribution < 1.29 is 4.79 Å². The first-order chi connectivity index (χ1) is 10.3. The second kappa shape index (κ2) is 8.29. The minimum atomic E-state index is 0.166. The van der Waals surface area contributed by atoms with Crippen LogP contribution in [0.2, 0.25) is 0 Å². The summed E-state index contributed by atoms with van der Waals surface area (Å²) < 4.78 is 0. The lowest BCUT2D eigenvalue weighted by atomic mass is 9.89. The molecule has 5 nitrogen and oxygen atoms in total. The number of carbonyl (C=O) groups excluding carboxylic acids is 1. The third-order valence-corrected chi connectivity index (χ3v) is 3.72. The van der Waals surface area contributed by atoms with Gasteiger partial charge in [0.15, 0.2) is 5.96 Å². The van der Waals surface area contributed by atoms with E-state index in [1.807, 2.05) is 30.3 Å². The number of benzene rings is 1.